The molecule has 0 spiro atoms. The van der Waals surface area contributed by atoms with Crippen LogP contribution in [0.5, 0.6) is 0 Å². The average Bonchev–Trinajstić information content (AvgIpc) is 2.48. The van der Waals surface area contributed by atoms with Crippen molar-refractivity contribution in [2.75, 3.05) is 26.0 Å². The standard InChI is InChI=1S/C14H25N3O3S/c1-3-4-5-6-10-20-14(19)17-11-12(21-2)13(18)16-9-7-8-15/h12H,3-7,9-11H2,1-2H3,(H,16,18)(H,17,19). The molecule has 0 heterocycles. The number of hydrogen-bond acceptors (Lipinski definition) is 5. The predicted octanol–water partition coefficient (Wildman–Crippen LogP) is 2.05. The Balaban J connectivity index is 3.80. The summed E-state index contributed by atoms with van der Waals surface area (Å²) in [6, 6.07) is 1.96. The maximum Gasteiger partial charge on any atom is 0.407 e. The second kappa shape index (κ2) is 13.6. The second-order valence-corrected chi connectivity index (χ2v) is 5.54. The number of nitrogens with one attached hydrogen (secondary N) is 2. The predicted molar refractivity (Wildman–Crippen MR) is 84.0 cm³/mol. The van der Waals surface area contributed by atoms with Crippen molar-refractivity contribution in [1.29, 1.82) is 5.26 Å². The molecule has 0 saturated heterocycles. The first kappa shape index (κ1) is 19.6. The molecule has 0 aromatic rings. The van der Waals surface area contributed by atoms with E-state index in [1.54, 1.807) is 6.26 Å². The molecule has 0 aromatic heterocycles. The van der Waals surface area contributed by atoms with Gasteiger partial charge in [0.25, 0.3) is 0 Å². The number of ether oxygens (including phenoxy) is 1. The van der Waals surface area contributed by atoms with Crippen molar-refractivity contribution < 1.29 is 14.3 Å². The lowest BCUT2D eigenvalue weighted by atomic mass is 10.2. The fourth-order valence-electron chi connectivity index (χ4n) is 1.56. The molecular formula is C14H25N3O3S. The highest BCUT2D eigenvalue weighted by Gasteiger charge is 2.17. The van der Waals surface area contributed by atoms with Crippen LogP contribution < -0.4 is 10.6 Å². The zero-order chi connectivity index (χ0) is 15.9. The summed E-state index contributed by atoms with van der Waals surface area (Å²) in [7, 11) is 0. The Bertz CT molecular complexity index is 345. The minimum atomic E-state index is -0.490. The van der Waals surface area contributed by atoms with Crippen LogP contribution >= 0.6 is 11.8 Å². The van der Waals surface area contributed by atoms with Gasteiger partial charge in [-0.1, -0.05) is 26.2 Å². The van der Waals surface area contributed by atoms with E-state index in [9.17, 15) is 9.59 Å². The molecule has 0 aromatic carbocycles. The van der Waals surface area contributed by atoms with E-state index in [-0.39, 0.29) is 24.1 Å². The molecule has 0 aliphatic carbocycles. The summed E-state index contributed by atoms with van der Waals surface area (Å²) in [4.78, 5) is 23.2. The first-order chi connectivity index (χ1) is 10.2. The van der Waals surface area contributed by atoms with E-state index in [0.29, 0.717) is 13.2 Å². The maximum absolute atomic E-state index is 11.8. The summed E-state index contributed by atoms with van der Waals surface area (Å²) in [6.07, 6.45) is 5.79. The minimum absolute atomic E-state index is 0.180. The second-order valence-electron chi connectivity index (χ2n) is 4.50. The zero-order valence-electron chi connectivity index (χ0n) is 12.8. The lowest BCUT2D eigenvalue weighted by molar-refractivity contribution is -0.120. The highest BCUT2D eigenvalue weighted by Crippen LogP contribution is 2.05. The molecule has 0 saturated carbocycles. The normalized spacial score (nSPS) is 11.3. The van der Waals surface area contributed by atoms with Gasteiger partial charge in [-0.25, -0.2) is 4.79 Å². The topological polar surface area (TPSA) is 91.2 Å². The van der Waals surface area contributed by atoms with Gasteiger partial charge < -0.3 is 15.4 Å². The third kappa shape index (κ3) is 11.0. The summed E-state index contributed by atoms with van der Waals surface area (Å²) < 4.78 is 5.03. The van der Waals surface area contributed by atoms with Crippen molar-refractivity contribution in [3.63, 3.8) is 0 Å². The van der Waals surface area contributed by atoms with Gasteiger partial charge in [-0.3, -0.25) is 4.79 Å². The third-order valence-electron chi connectivity index (χ3n) is 2.78. The number of nitrogens with zero attached hydrogens (tertiary/aromatic N) is 1. The van der Waals surface area contributed by atoms with Gasteiger partial charge in [0.15, 0.2) is 0 Å². The maximum atomic E-state index is 11.8. The van der Waals surface area contributed by atoms with Crippen LogP contribution in [-0.4, -0.2) is 43.2 Å². The Kier molecular flexibility index (Phi) is 12.6. The smallest absolute Gasteiger partial charge is 0.407 e. The Morgan fingerprint density at radius 2 is 2.05 bits per heavy atom. The molecule has 2 amide bonds. The molecule has 6 nitrogen and oxygen atoms in total. The first-order valence-corrected chi connectivity index (χ1v) is 8.52. The third-order valence-corrected chi connectivity index (χ3v) is 3.73. The van der Waals surface area contributed by atoms with Gasteiger partial charge in [0.2, 0.25) is 5.91 Å². The molecule has 0 aliphatic heterocycles. The lowest BCUT2D eigenvalue weighted by Crippen LogP contribution is -2.41. The van der Waals surface area contributed by atoms with E-state index in [0.717, 1.165) is 25.7 Å². The largest absolute Gasteiger partial charge is 0.450 e. The molecule has 7 heteroatoms. The van der Waals surface area contributed by atoms with Crippen LogP contribution in [0.1, 0.15) is 39.0 Å². The average molecular weight is 315 g/mol. The van der Waals surface area contributed by atoms with Crippen LogP contribution in [0, 0.1) is 11.3 Å². The molecule has 2 N–H and O–H groups in total. The van der Waals surface area contributed by atoms with Gasteiger partial charge in [-0.05, 0) is 12.7 Å². The molecule has 120 valence electrons. The summed E-state index contributed by atoms with van der Waals surface area (Å²) in [6.45, 7) is 3.07. The number of amides is 2. The highest BCUT2D eigenvalue weighted by atomic mass is 32.2. The van der Waals surface area contributed by atoms with Crippen LogP contribution in [0.15, 0.2) is 0 Å². The number of nitriles is 1. The number of carbonyl (C=O) groups is 2. The molecule has 1 atom stereocenters. The van der Waals surface area contributed by atoms with E-state index in [1.165, 1.54) is 11.8 Å². The van der Waals surface area contributed by atoms with Gasteiger partial charge in [0, 0.05) is 13.1 Å². The Morgan fingerprint density at radius 1 is 1.29 bits per heavy atom. The van der Waals surface area contributed by atoms with E-state index >= 15 is 0 Å². The molecule has 21 heavy (non-hydrogen) atoms. The fraction of sp³-hybridized carbons (Fsp3) is 0.786. The van der Waals surface area contributed by atoms with Crippen molar-refractivity contribution in [3.05, 3.63) is 0 Å². The van der Waals surface area contributed by atoms with Crippen LogP contribution in [0.4, 0.5) is 4.79 Å². The number of hydrogen-bond donors (Lipinski definition) is 2. The quantitative estimate of drug-likeness (QED) is 0.569. The summed E-state index contributed by atoms with van der Waals surface area (Å²) in [5, 5.41) is 13.3. The van der Waals surface area contributed by atoms with Crippen molar-refractivity contribution in [2.45, 2.75) is 44.3 Å². The van der Waals surface area contributed by atoms with Gasteiger partial charge in [0.05, 0.1) is 19.1 Å². The van der Waals surface area contributed by atoms with Crippen molar-refractivity contribution in [3.8, 4) is 6.07 Å². The molecule has 0 rings (SSSR count). The number of rotatable bonds is 11. The van der Waals surface area contributed by atoms with E-state index in [2.05, 4.69) is 17.6 Å². The SMILES string of the molecule is CCCCCCOC(=O)NCC(SC)C(=O)NCCC#N. The molecule has 0 fully saturated rings. The highest BCUT2D eigenvalue weighted by molar-refractivity contribution is 7.99. The molecule has 0 bridgehead atoms. The molecule has 1 unspecified atom stereocenters. The number of alkyl carbamates (subject to hydrolysis) is 1. The van der Waals surface area contributed by atoms with E-state index < -0.39 is 6.09 Å². The fourth-order valence-corrected chi connectivity index (χ4v) is 2.11. The van der Waals surface area contributed by atoms with E-state index in [1.807, 2.05) is 6.07 Å². The number of thioether (sulfide) groups is 1. The summed E-state index contributed by atoms with van der Waals surface area (Å²) >= 11 is 1.35. The number of unbranched alkanes of at least 4 members (excludes halogenated alkanes) is 3. The molecule has 0 aliphatic rings. The van der Waals surface area contributed by atoms with Crippen LogP contribution in [0.2, 0.25) is 0 Å². The lowest BCUT2D eigenvalue weighted by Gasteiger charge is -2.14. The van der Waals surface area contributed by atoms with Crippen molar-refractivity contribution in [1.82, 2.24) is 10.6 Å². The number of carbonyl (C=O) groups excluding carboxylic acids is 2. The van der Waals surface area contributed by atoms with Crippen molar-refractivity contribution >= 4 is 23.8 Å². The Morgan fingerprint density at radius 3 is 2.67 bits per heavy atom. The van der Waals surface area contributed by atoms with Crippen LogP contribution in [0.3, 0.4) is 0 Å². The van der Waals surface area contributed by atoms with Gasteiger partial charge >= 0.3 is 6.09 Å². The van der Waals surface area contributed by atoms with Crippen LogP contribution in [-0.2, 0) is 9.53 Å². The molecular weight excluding hydrogens is 290 g/mol. The summed E-state index contributed by atoms with van der Waals surface area (Å²) in [5.74, 6) is -0.180. The van der Waals surface area contributed by atoms with Crippen LogP contribution in [0.25, 0.3) is 0 Å². The van der Waals surface area contributed by atoms with Crippen molar-refractivity contribution in [2.24, 2.45) is 0 Å². The van der Waals surface area contributed by atoms with E-state index in [4.69, 9.17) is 10.00 Å². The first-order valence-electron chi connectivity index (χ1n) is 7.23. The molecule has 0 radical (unpaired) electrons. The summed E-state index contributed by atoms with van der Waals surface area (Å²) in [5.41, 5.74) is 0. The van der Waals surface area contributed by atoms with Gasteiger partial charge in [-0.15, -0.1) is 0 Å². The van der Waals surface area contributed by atoms with Gasteiger partial charge in [0.1, 0.15) is 5.25 Å². The van der Waals surface area contributed by atoms with Gasteiger partial charge in [-0.2, -0.15) is 17.0 Å². The zero-order valence-corrected chi connectivity index (χ0v) is 13.6. The monoisotopic (exact) mass is 315 g/mol. The Labute approximate surface area is 131 Å². The minimum Gasteiger partial charge on any atom is -0.450 e. The Hall–Kier alpha value is -1.42.